The quantitative estimate of drug-likeness (QED) is 0.714. The van der Waals surface area contributed by atoms with E-state index in [1.807, 2.05) is 32.9 Å². The molecule has 1 atom stereocenters. The molecule has 6 heteroatoms. The first kappa shape index (κ1) is 18.5. The van der Waals surface area contributed by atoms with Gasteiger partial charge in [-0.3, -0.25) is 14.8 Å². The molecular formula is C21H21N3O3. The first-order chi connectivity index (χ1) is 12.8. The first-order valence-corrected chi connectivity index (χ1v) is 8.65. The first-order valence-electron chi connectivity index (χ1n) is 8.65. The number of fused-ring (bicyclic) bond motifs is 1. The average molecular weight is 363 g/mol. The number of nitrogens with one attached hydrogen (secondary N) is 1. The van der Waals surface area contributed by atoms with Crippen LogP contribution in [-0.4, -0.2) is 27.9 Å². The van der Waals surface area contributed by atoms with Crippen molar-refractivity contribution in [1.29, 1.82) is 0 Å². The Morgan fingerprint density at radius 3 is 2.26 bits per heavy atom. The molecular weight excluding hydrogens is 342 g/mol. The molecule has 1 aromatic heterocycles. The van der Waals surface area contributed by atoms with Crippen molar-refractivity contribution >= 4 is 28.6 Å². The van der Waals surface area contributed by atoms with Crippen molar-refractivity contribution in [3.8, 4) is 0 Å². The third kappa shape index (κ3) is 4.11. The molecule has 3 aromatic rings. The monoisotopic (exact) mass is 363 g/mol. The highest BCUT2D eigenvalue weighted by Gasteiger charge is 2.20. The lowest BCUT2D eigenvalue weighted by molar-refractivity contribution is -0.123. The van der Waals surface area contributed by atoms with E-state index in [4.69, 9.17) is 4.74 Å². The topological polar surface area (TPSA) is 81.2 Å². The van der Waals surface area contributed by atoms with Crippen molar-refractivity contribution in [2.75, 3.05) is 5.32 Å². The Hall–Kier alpha value is -3.28. The number of ether oxygens (including phenoxy) is 1. The number of carbonyl (C=O) groups is 2. The van der Waals surface area contributed by atoms with Crippen molar-refractivity contribution in [3.05, 3.63) is 65.0 Å². The lowest BCUT2D eigenvalue weighted by atomic mass is 10.0. The number of nitrogens with zero attached hydrogens (tertiary/aromatic N) is 2. The molecule has 0 radical (unpaired) electrons. The van der Waals surface area contributed by atoms with Gasteiger partial charge in [0.2, 0.25) is 0 Å². The summed E-state index contributed by atoms with van der Waals surface area (Å²) in [4.78, 5) is 33.2. The molecule has 2 aromatic carbocycles. The van der Waals surface area contributed by atoms with Gasteiger partial charge in [0.15, 0.2) is 6.10 Å². The van der Waals surface area contributed by atoms with E-state index in [0.29, 0.717) is 16.6 Å². The molecule has 1 heterocycles. The van der Waals surface area contributed by atoms with Crippen LogP contribution < -0.4 is 5.32 Å². The normalized spacial score (nSPS) is 11.9. The van der Waals surface area contributed by atoms with Crippen molar-refractivity contribution in [3.63, 3.8) is 0 Å². The van der Waals surface area contributed by atoms with Crippen LogP contribution in [-0.2, 0) is 9.53 Å². The van der Waals surface area contributed by atoms with Gasteiger partial charge >= 0.3 is 5.97 Å². The maximum atomic E-state index is 12.5. The Morgan fingerprint density at radius 2 is 1.59 bits per heavy atom. The van der Waals surface area contributed by atoms with Gasteiger partial charge in [-0.1, -0.05) is 17.7 Å². The highest BCUT2D eigenvalue weighted by atomic mass is 16.5. The molecule has 3 rings (SSSR count). The molecule has 0 unspecified atom stereocenters. The van der Waals surface area contributed by atoms with Crippen LogP contribution in [0.5, 0.6) is 0 Å². The number of anilines is 1. The van der Waals surface area contributed by atoms with Crippen LogP contribution in [0.2, 0.25) is 0 Å². The maximum Gasteiger partial charge on any atom is 0.338 e. The Labute approximate surface area is 157 Å². The second kappa shape index (κ2) is 7.53. The van der Waals surface area contributed by atoms with Crippen molar-refractivity contribution in [2.45, 2.75) is 33.8 Å². The zero-order valence-electron chi connectivity index (χ0n) is 15.7. The summed E-state index contributed by atoms with van der Waals surface area (Å²) in [6, 6.07) is 8.90. The molecule has 138 valence electrons. The molecule has 0 saturated carbocycles. The fourth-order valence-electron chi connectivity index (χ4n) is 2.97. The van der Waals surface area contributed by atoms with Gasteiger partial charge < -0.3 is 10.1 Å². The highest BCUT2D eigenvalue weighted by Crippen LogP contribution is 2.22. The smallest absolute Gasteiger partial charge is 0.338 e. The van der Waals surface area contributed by atoms with E-state index in [-0.39, 0.29) is 5.91 Å². The van der Waals surface area contributed by atoms with Crippen molar-refractivity contribution in [1.82, 2.24) is 9.97 Å². The molecule has 0 aliphatic heterocycles. The summed E-state index contributed by atoms with van der Waals surface area (Å²) < 4.78 is 5.32. The van der Waals surface area contributed by atoms with E-state index in [2.05, 4.69) is 15.3 Å². The lowest BCUT2D eigenvalue weighted by Crippen LogP contribution is -2.30. The number of esters is 1. The summed E-state index contributed by atoms with van der Waals surface area (Å²) in [6.45, 7) is 7.42. The van der Waals surface area contributed by atoms with Crippen LogP contribution in [0.1, 0.15) is 34.0 Å². The molecule has 0 aliphatic rings. The number of hydrogen-bond acceptors (Lipinski definition) is 5. The summed E-state index contributed by atoms with van der Waals surface area (Å²) in [7, 11) is 0. The van der Waals surface area contributed by atoms with Crippen LogP contribution >= 0.6 is 0 Å². The number of aromatic nitrogens is 2. The van der Waals surface area contributed by atoms with Crippen LogP contribution in [0.4, 0.5) is 5.69 Å². The minimum Gasteiger partial charge on any atom is -0.449 e. The van der Waals surface area contributed by atoms with E-state index >= 15 is 0 Å². The maximum absolute atomic E-state index is 12.5. The number of hydrogen-bond donors (Lipinski definition) is 1. The fourth-order valence-corrected chi connectivity index (χ4v) is 2.97. The fraction of sp³-hybridized carbons (Fsp3) is 0.238. The third-order valence-electron chi connectivity index (χ3n) is 4.28. The number of aryl methyl sites for hydroxylation is 3. The Balaban J connectivity index is 1.71. The van der Waals surface area contributed by atoms with Crippen molar-refractivity contribution in [2.24, 2.45) is 0 Å². The molecule has 0 spiro atoms. The Morgan fingerprint density at radius 1 is 0.963 bits per heavy atom. The molecule has 0 fully saturated rings. The van der Waals surface area contributed by atoms with Crippen molar-refractivity contribution < 1.29 is 14.3 Å². The van der Waals surface area contributed by atoms with E-state index in [0.717, 1.165) is 22.4 Å². The predicted molar refractivity (Wildman–Crippen MR) is 104 cm³/mol. The SMILES string of the molecule is Cc1cc(C)c(NC(=O)[C@H](C)OC(=O)c2ccc3nccnc3c2)c(C)c1. The van der Waals surface area contributed by atoms with Crippen LogP contribution in [0.3, 0.4) is 0 Å². The standard InChI is InChI=1S/C21H21N3O3/c1-12-9-13(2)19(14(3)10-12)24-20(25)15(4)27-21(26)16-5-6-17-18(11-16)23-8-7-22-17/h5-11,15H,1-4H3,(H,24,25)/t15-/m0/s1. The second-order valence-electron chi connectivity index (χ2n) is 6.57. The second-order valence-corrected chi connectivity index (χ2v) is 6.57. The van der Waals surface area contributed by atoms with Gasteiger partial charge in [-0.05, 0) is 57.0 Å². The van der Waals surface area contributed by atoms with E-state index < -0.39 is 12.1 Å². The molecule has 0 saturated heterocycles. The van der Waals surface area contributed by atoms with Crippen LogP contribution in [0, 0.1) is 20.8 Å². The van der Waals surface area contributed by atoms with Gasteiger partial charge in [0, 0.05) is 18.1 Å². The van der Waals surface area contributed by atoms with E-state index in [1.165, 1.54) is 0 Å². The molecule has 6 nitrogen and oxygen atoms in total. The van der Waals surface area contributed by atoms with E-state index in [9.17, 15) is 9.59 Å². The lowest BCUT2D eigenvalue weighted by Gasteiger charge is -2.17. The number of benzene rings is 2. The van der Waals surface area contributed by atoms with Gasteiger partial charge in [0.25, 0.3) is 5.91 Å². The molecule has 27 heavy (non-hydrogen) atoms. The third-order valence-corrected chi connectivity index (χ3v) is 4.28. The highest BCUT2D eigenvalue weighted by molar-refractivity contribution is 5.99. The summed E-state index contributed by atoms with van der Waals surface area (Å²) >= 11 is 0. The average Bonchev–Trinajstić information content (AvgIpc) is 2.63. The van der Waals surface area contributed by atoms with Gasteiger partial charge in [-0.15, -0.1) is 0 Å². The summed E-state index contributed by atoms with van der Waals surface area (Å²) in [5, 5.41) is 2.85. The molecule has 0 bridgehead atoms. The molecule has 1 N–H and O–H groups in total. The van der Waals surface area contributed by atoms with Gasteiger partial charge in [-0.25, -0.2) is 4.79 Å². The largest absolute Gasteiger partial charge is 0.449 e. The zero-order chi connectivity index (χ0) is 19.6. The molecule has 1 amide bonds. The van der Waals surface area contributed by atoms with Gasteiger partial charge in [-0.2, -0.15) is 0 Å². The minimum absolute atomic E-state index is 0.324. The number of amides is 1. The Kier molecular flexibility index (Phi) is 5.16. The Bertz CT molecular complexity index is 1010. The summed E-state index contributed by atoms with van der Waals surface area (Å²) in [6.07, 6.45) is 2.21. The van der Waals surface area contributed by atoms with E-state index in [1.54, 1.807) is 37.5 Å². The van der Waals surface area contributed by atoms with Gasteiger partial charge in [0.1, 0.15) is 0 Å². The predicted octanol–water partition coefficient (Wildman–Crippen LogP) is 3.74. The molecule has 0 aliphatic carbocycles. The zero-order valence-corrected chi connectivity index (χ0v) is 15.7. The number of carbonyl (C=O) groups excluding carboxylic acids is 2. The van der Waals surface area contributed by atoms with Crippen LogP contribution in [0.25, 0.3) is 11.0 Å². The summed E-state index contributed by atoms with van der Waals surface area (Å²) in [5.41, 5.74) is 5.40. The number of rotatable bonds is 4. The van der Waals surface area contributed by atoms with Gasteiger partial charge in [0.05, 0.1) is 16.6 Å². The van der Waals surface area contributed by atoms with Crippen LogP contribution in [0.15, 0.2) is 42.7 Å². The summed E-state index contributed by atoms with van der Waals surface area (Å²) in [5.74, 6) is -0.957. The minimum atomic E-state index is -0.935.